The van der Waals surface area contributed by atoms with Gasteiger partial charge in [0.25, 0.3) is 0 Å². The molecular weight excluding hydrogens is 320 g/mol. The molecule has 5 heteroatoms. The Balaban J connectivity index is 2.22. The molecule has 0 unspecified atom stereocenters. The van der Waals surface area contributed by atoms with Gasteiger partial charge in [0.1, 0.15) is 5.60 Å². The molecule has 0 aliphatic carbocycles. The molecule has 0 aromatic heterocycles. The van der Waals surface area contributed by atoms with Crippen LogP contribution in [-0.4, -0.2) is 24.8 Å². The van der Waals surface area contributed by atoms with Gasteiger partial charge in [-0.1, -0.05) is 22.0 Å². The molecule has 0 bridgehead atoms. The summed E-state index contributed by atoms with van der Waals surface area (Å²) in [4.78, 5) is 11.4. The molecule has 0 saturated heterocycles. The van der Waals surface area contributed by atoms with Crippen molar-refractivity contribution in [2.75, 3.05) is 18.4 Å². The monoisotopic (exact) mass is 342 g/mol. The van der Waals surface area contributed by atoms with Crippen LogP contribution >= 0.6 is 15.9 Å². The molecule has 0 fully saturated rings. The van der Waals surface area contributed by atoms with Gasteiger partial charge < -0.3 is 15.4 Å². The highest BCUT2D eigenvalue weighted by molar-refractivity contribution is 9.10. The Labute approximate surface area is 129 Å². The summed E-state index contributed by atoms with van der Waals surface area (Å²) in [7, 11) is 0. The van der Waals surface area contributed by atoms with Crippen LogP contribution in [0.3, 0.4) is 0 Å². The third-order valence-electron chi connectivity index (χ3n) is 2.54. The molecule has 2 N–H and O–H groups in total. The Bertz CT molecular complexity index is 456. The fraction of sp³-hybridized carbons (Fsp3) is 0.533. The van der Waals surface area contributed by atoms with Crippen molar-refractivity contribution in [1.82, 2.24) is 5.32 Å². The number of benzene rings is 1. The fourth-order valence-electron chi connectivity index (χ4n) is 1.60. The molecule has 0 heterocycles. The minimum Gasteiger partial charge on any atom is -0.444 e. The van der Waals surface area contributed by atoms with Crippen LogP contribution in [0.1, 0.15) is 32.8 Å². The Morgan fingerprint density at radius 3 is 2.65 bits per heavy atom. The van der Waals surface area contributed by atoms with E-state index in [9.17, 15) is 4.79 Å². The molecule has 0 spiro atoms. The van der Waals surface area contributed by atoms with Crippen molar-refractivity contribution in [3.05, 3.63) is 28.2 Å². The summed E-state index contributed by atoms with van der Waals surface area (Å²) >= 11 is 3.45. The number of carbonyl (C=O) groups excluding carboxylic acids is 1. The van der Waals surface area contributed by atoms with Crippen molar-refractivity contribution in [3.63, 3.8) is 0 Å². The molecule has 112 valence electrons. The van der Waals surface area contributed by atoms with Crippen LogP contribution < -0.4 is 10.6 Å². The van der Waals surface area contributed by atoms with Crippen LogP contribution in [-0.2, 0) is 4.74 Å². The zero-order valence-corrected chi connectivity index (χ0v) is 14.1. The maximum Gasteiger partial charge on any atom is 0.407 e. The molecule has 0 radical (unpaired) electrons. The lowest BCUT2D eigenvalue weighted by Gasteiger charge is -2.19. The van der Waals surface area contributed by atoms with E-state index in [4.69, 9.17) is 4.74 Å². The van der Waals surface area contributed by atoms with Crippen LogP contribution in [0.15, 0.2) is 22.7 Å². The average molecular weight is 343 g/mol. The third kappa shape index (κ3) is 6.80. The van der Waals surface area contributed by atoms with Gasteiger partial charge in [-0.3, -0.25) is 0 Å². The standard InChI is InChI=1S/C15H23BrN2O2/c1-11-6-7-12(16)10-13(11)17-8-5-9-18-14(19)20-15(2,3)4/h6-7,10,17H,5,8-9H2,1-4H3,(H,18,19). The molecule has 1 amide bonds. The molecule has 1 rings (SSSR count). The first-order valence-electron chi connectivity index (χ1n) is 6.75. The van der Waals surface area contributed by atoms with Crippen molar-refractivity contribution in [1.29, 1.82) is 0 Å². The minimum absolute atomic E-state index is 0.365. The molecule has 4 nitrogen and oxygen atoms in total. The second-order valence-electron chi connectivity index (χ2n) is 5.67. The van der Waals surface area contributed by atoms with Crippen LogP contribution in [0.25, 0.3) is 0 Å². The molecule has 1 aromatic carbocycles. The van der Waals surface area contributed by atoms with Gasteiger partial charge in [0.05, 0.1) is 0 Å². The number of nitrogens with one attached hydrogen (secondary N) is 2. The number of hydrogen-bond acceptors (Lipinski definition) is 3. The summed E-state index contributed by atoms with van der Waals surface area (Å²) in [5, 5.41) is 6.09. The first-order valence-corrected chi connectivity index (χ1v) is 7.54. The van der Waals surface area contributed by atoms with Crippen LogP contribution in [0.4, 0.5) is 10.5 Å². The number of rotatable bonds is 5. The highest BCUT2D eigenvalue weighted by atomic mass is 79.9. The van der Waals surface area contributed by atoms with Crippen molar-refractivity contribution in [3.8, 4) is 0 Å². The van der Waals surface area contributed by atoms with Crippen LogP contribution in [0.2, 0.25) is 0 Å². The summed E-state index contributed by atoms with van der Waals surface area (Å²) in [6.07, 6.45) is 0.474. The van der Waals surface area contributed by atoms with Gasteiger partial charge in [-0.2, -0.15) is 0 Å². The van der Waals surface area contributed by atoms with Gasteiger partial charge in [-0.25, -0.2) is 4.79 Å². The quantitative estimate of drug-likeness (QED) is 0.792. The zero-order valence-electron chi connectivity index (χ0n) is 12.5. The highest BCUT2D eigenvalue weighted by Crippen LogP contribution is 2.20. The molecule has 0 atom stereocenters. The number of hydrogen-bond donors (Lipinski definition) is 2. The van der Waals surface area contributed by atoms with E-state index in [2.05, 4.69) is 45.6 Å². The molecule has 1 aromatic rings. The Kier molecular flexibility index (Phi) is 6.33. The van der Waals surface area contributed by atoms with E-state index in [1.165, 1.54) is 5.56 Å². The highest BCUT2D eigenvalue weighted by Gasteiger charge is 2.15. The number of aryl methyl sites for hydroxylation is 1. The van der Waals surface area contributed by atoms with E-state index in [0.29, 0.717) is 6.54 Å². The summed E-state index contributed by atoms with van der Waals surface area (Å²) in [6.45, 7) is 9.01. The van der Waals surface area contributed by atoms with Crippen LogP contribution in [0.5, 0.6) is 0 Å². The number of carbonyl (C=O) groups is 1. The number of anilines is 1. The van der Waals surface area contributed by atoms with E-state index >= 15 is 0 Å². The van der Waals surface area contributed by atoms with E-state index in [1.807, 2.05) is 26.8 Å². The number of alkyl carbamates (subject to hydrolysis) is 1. The third-order valence-corrected chi connectivity index (χ3v) is 3.03. The lowest BCUT2D eigenvalue weighted by molar-refractivity contribution is 0.0528. The molecular formula is C15H23BrN2O2. The maximum atomic E-state index is 11.4. The normalized spacial score (nSPS) is 11.1. The second kappa shape index (κ2) is 7.53. The number of ether oxygens (including phenoxy) is 1. The fourth-order valence-corrected chi connectivity index (χ4v) is 1.96. The first kappa shape index (κ1) is 16.8. The number of halogens is 1. The molecule has 0 aliphatic heterocycles. The van der Waals surface area contributed by atoms with Gasteiger partial charge >= 0.3 is 6.09 Å². The Morgan fingerprint density at radius 1 is 1.30 bits per heavy atom. The largest absolute Gasteiger partial charge is 0.444 e. The van der Waals surface area contributed by atoms with Crippen molar-refractivity contribution in [2.24, 2.45) is 0 Å². The summed E-state index contributed by atoms with van der Waals surface area (Å²) < 4.78 is 6.21. The maximum absolute atomic E-state index is 11.4. The lowest BCUT2D eigenvalue weighted by Crippen LogP contribution is -2.33. The summed E-state index contributed by atoms with van der Waals surface area (Å²) in [6, 6.07) is 6.13. The predicted octanol–water partition coefficient (Wildman–Crippen LogP) is 4.08. The topological polar surface area (TPSA) is 50.4 Å². The van der Waals surface area contributed by atoms with Crippen molar-refractivity contribution < 1.29 is 9.53 Å². The second-order valence-corrected chi connectivity index (χ2v) is 6.58. The summed E-state index contributed by atoms with van der Waals surface area (Å²) in [5.41, 5.74) is 1.86. The van der Waals surface area contributed by atoms with Gasteiger partial charge in [0.2, 0.25) is 0 Å². The van der Waals surface area contributed by atoms with Gasteiger partial charge in [-0.05, 0) is 51.8 Å². The Hall–Kier alpha value is -1.23. The van der Waals surface area contributed by atoms with Crippen LogP contribution in [0, 0.1) is 6.92 Å². The average Bonchev–Trinajstić information content (AvgIpc) is 2.30. The van der Waals surface area contributed by atoms with Gasteiger partial charge in [0.15, 0.2) is 0 Å². The number of amides is 1. The van der Waals surface area contributed by atoms with E-state index < -0.39 is 5.60 Å². The zero-order chi connectivity index (χ0) is 15.2. The minimum atomic E-state index is -0.449. The van der Waals surface area contributed by atoms with Crippen molar-refractivity contribution in [2.45, 2.75) is 39.7 Å². The molecule has 0 aliphatic rings. The van der Waals surface area contributed by atoms with E-state index in [0.717, 1.165) is 23.1 Å². The van der Waals surface area contributed by atoms with Crippen molar-refractivity contribution >= 4 is 27.7 Å². The first-order chi connectivity index (χ1) is 9.28. The smallest absolute Gasteiger partial charge is 0.407 e. The SMILES string of the molecule is Cc1ccc(Br)cc1NCCCNC(=O)OC(C)(C)C. The van der Waals surface area contributed by atoms with E-state index in [-0.39, 0.29) is 6.09 Å². The predicted molar refractivity (Wildman–Crippen MR) is 86.2 cm³/mol. The van der Waals surface area contributed by atoms with Gasteiger partial charge in [0, 0.05) is 23.2 Å². The van der Waals surface area contributed by atoms with Gasteiger partial charge in [-0.15, -0.1) is 0 Å². The summed E-state index contributed by atoms with van der Waals surface area (Å²) in [5.74, 6) is 0. The molecule has 0 saturated carbocycles. The van der Waals surface area contributed by atoms with E-state index in [1.54, 1.807) is 0 Å². The Morgan fingerprint density at radius 2 is 2.00 bits per heavy atom. The molecule has 20 heavy (non-hydrogen) atoms. The lowest BCUT2D eigenvalue weighted by atomic mass is 10.2.